The van der Waals surface area contributed by atoms with Crippen LogP contribution in [0.3, 0.4) is 0 Å². The van der Waals surface area contributed by atoms with Gasteiger partial charge in [-0.05, 0) is 47.8 Å². The first-order valence-electron chi connectivity index (χ1n) is 8.84. The van der Waals surface area contributed by atoms with E-state index in [0.29, 0.717) is 24.0 Å². The monoisotopic (exact) mass is 346 g/mol. The highest BCUT2D eigenvalue weighted by molar-refractivity contribution is 6.12. The Bertz CT molecular complexity index is 754. The van der Waals surface area contributed by atoms with E-state index in [9.17, 15) is 24.9 Å². The van der Waals surface area contributed by atoms with E-state index in [1.807, 2.05) is 27.7 Å². The Balaban J connectivity index is 2.25. The van der Waals surface area contributed by atoms with Gasteiger partial charge in [0.25, 0.3) is 0 Å². The molecule has 0 aromatic heterocycles. The summed E-state index contributed by atoms with van der Waals surface area (Å²) in [4.78, 5) is 25.1. The summed E-state index contributed by atoms with van der Waals surface area (Å²) in [7, 11) is 0. The molecule has 5 nitrogen and oxygen atoms in total. The molecule has 0 spiro atoms. The van der Waals surface area contributed by atoms with E-state index >= 15 is 0 Å². The van der Waals surface area contributed by atoms with Gasteiger partial charge in [0.2, 0.25) is 5.78 Å². The molecule has 0 heterocycles. The molecule has 0 fully saturated rings. The molecule has 0 aromatic rings. The predicted molar refractivity (Wildman–Crippen MR) is 92.8 cm³/mol. The Kier molecular flexibility index (Phi) is 4.08. The van der Waals surface area contributed by atoms with Crippen molar-refractivity contribution in [3.8, 4) is 0 Å². The second-order valence-electron chi connectivity index (χ2n) is 8.33. The quantitative estimate of drug-likeness (QED) is 0.714. The van der Waals surface area contributed by atoms with E-state index in [0.717, 1.165) is 5.57 Å². The standard InChI is InChI=1S/C20H26O5/c1-10(2)15-18(25)17(24)13-7-12-11(9-21)16(23)14(22)8-19(12,3)5-6-20(13,15)4/h7,10,14,21-22,25H,5-6,8-9H2,1-4H3. The number of Topliss-reactive ketones (excluding diaryl/α,β-unsaturated/α-hetero) is 2. The van der Waals surface area contributed by atoms with Crippen molar-refractivity contribution in [1.82, 2.24) is 0 Å². The van der Waals surface area contributed by atoms with Crippen LogP contribution >= 0.6 is 0 Å². The van der Waals surface area contributed by atoms with Crippen molar-refractivity contribution in [2.45, 2.75) is 53.1 Å². The van der Waals surface area contributed by atoms with Crippen LogP contribution < -0.4 is 0 Å². The highest BCUT2D eigenvalue weighted by Crippen LogP contribution is 2.57. The molecular formula is C20H26O5. The SMILES string of the molecule is CC(C)C1=C(O)C(=O)C2=CC3=C(CO)C(=O)C(O)CC3(C)CCC21C. The van der Waals surface area contributed by atoms with E-state index in [1.165, 1.54) is 0 Å². The van der Waals surface area contributed by atoms with Gasteiger partial charge in [-0.25, -0.2) is 0 Å². The number of hydrogen-bond donors (Lipinski definition) is 3. The number of aliphatic hydroxyl groups excluding tert-OH is 3. The Morgan fingerprint density at radius 1 is 1.24 bits per heavy atom. The van der Waals surface area contributed by atoms with Crippen molar-refractivity contribution >= 4 is 11.6 Å². The van der Waals surface area contributed by atoms with Crippen LogP contribution in [0, 0.1) is 16.7 Å². The maximum atomic E-state index is 12.7. The Morgan fingerprint density at radius 2 is 1.88 bits per heavy atom. The van der Waals surface area contributed by atoms with Gasteiger partial charge in [-0.15, -0.1) is 0 Å². The minimum absolute atomic E-state index is 0.0197. The van der Waals surface area contributed by atoms with Crippen molar-refractivity contribution in [1.29, 1.82) is 0 Å². The maximum absolute atomic E-state index is 12.7. The number of carbonyl (C=O) groups is 2. The van der Waals surface area contributed by atoms with Crippen molar-refractivity contribution in [3.63, 3.8) is 0 Å². The summed E-state index contributed by atoms with van der Waals surface area (Å²) in [6.07, 6.45) is 2.16. The first-order valence-corrected chi connectivity index (χ1v) is 8.84. The molecule has 0 amide bonds. The number of fused-ring (bicyclic) bond motifs is 2. The van der Waals surface area contributed by atoms with Gasteiger partial charge in [0.05, 0.1) is 6.61 Å². The lowest BCUT2D eigenvalue weighted by Gasteiger charge is -2.38. The molecule has 0 bridgehead atoms. The maximum Gasteiger partial charge on any atom is 0.224 e. The Hall–Kier alpha value is -1.72. The van der Waals surface area contributed by atoms with E-state index in [1.54, 1.807) is 6.08 Å². The van der Waals surface area contributed by atoms with E-state index < -0.39 is 29.3 Å². The molecule has 3 rings (SSSR count). The molecule has 5 heteroatoms. The highest BCUT2D eigenvalue weighted by atomic mass is 16.3. The first-order chi connectivity index (χ1) is 11.6. The number of ketones is 2. The average Bonchev–Trinajstić information content (AvgIpc) is 2.63. The lowest BCUT2D eigenvalue weighted by atomic mass is 9.66. The third-order valence-electron chi connectivity index (χ3n) is 6.32. The minimum Gasteiger partial charge on any atom is -0.504 e. The molecule has 0 aliphatic heterocycles. The summed E-state index contributed by atoms with van der Waals surface area (Å²) in [5.74, 6) is -1.02. The second-order valence-corrected chi connectivity index (χ2v) is 8.33. The van der Waals surface area contributed by atoms with Gasteiger partial charge in [-0.2, -0.15) is 0 Å². The zero-order chi connectivity index (χ0) is 18.7. The predicted octanol–water partition coefficient (Wildman–Crippen LogP) is 2.39. The van der Waals surface area contributed by atoms with Crippen LogP contribution in [0.15, 0.2) is 34.1 Å². The van der Waals surface area contributed by atoms with Crippen LogP contribution in [0.2, 0.25) is 0 Å². The number of hydrogen-bond acceptors (Lipinski definition) is 5. The smallest absolute Gasteiger partial charge is 0.224 e. The minimum atomic E-state index is -1.12. The van der Waals surface area contributed by atoms with Gasteiger partial charge in [0.1, 0.15) is 6.10 Å². The molecule has 3 atom stereocenters. The molecule has 0 aromatic carbocycles. The van der Waals surface area contributed by atoms with E-state index in [2.05, 4.69) is 0 Å². The van der Waals surface area contributed by atoms with Gasteiger partial charge in [0, 0.05) is 16.6 Å². The largest absolute Gasteiger partial charge is 0.504 e. The normalized spacial score (nSPS) is 35.8. The summed E-state index contributed by atoms with van der Waals surface area (Å²) in [6, 6.07) is 0. The van der Waals surface area contributed by atoms with Gasteiger partial charge in [0.15, 0.2) is 11.5 Å². The Labute approximate surface area is 147 Å². The van der Waals surface area contributed by atoms with Crippen molar-refractivity contribution in [3.05, 3.63) is 34.1 Å². The fraction of sp³-hybridized carbons (Fsp3) is 0.600. The van der Waals surface area contributed by atoms with Crippen LogP contribution in [0.4, 0.5) is 0 Å². The van der Waals surface area contributed by atoms with Gasteiger partial charge >= 0.3 is 0 Å². The zero-order valence-electron chi connectivity index (χ0n) is 15.2. The average molecular weight is 346 g/mol. The second kappa shape index (κ2) is 5.64. The Morgan fingerprint density at radius 3 is 2.44 bits per heavy atom. The first kappa shape index (κ1) is 18.1. The third-order valence-corrected chi connectivity index (χ3v) is 6.32. The van der Waals surface area contributed by atoms with Crippen LogP contribution in [0.1, 0.15) is 47.0 Å². The summed E-state index contributed by atoms with van der Waals surface area (Å²) >= 11 is 0. The van der Waals surface area contributed by atoms with Crippen LogP contribution in [0.25, 0.3) is 0 Å². The molecule has 25 heavy (non-hydrogen) atoms. The van der Waals surface area contributed by atoms with Crippen molar-refractivity contribution < 1.29 is 24.9 Å². The lowest BCUT2D eigenvalue weighted by Crippen LogP contribution is -2.39. The fourth-order valence-electron chi connectivity index (χ4n) is 4.97. The molecule has 3 aliphatic carbocycles. The zero-order valence-corrected chi connectivity index (χ0v) is 15.2. The topological polar surface area (TPSA) is 94.8 Å². The van der Waals surface area contributed by atoms with E-state index in [-0.39, 0.29) is 29.5 Å². The van der Waals surface area contributed by atoms with Crippen LogP contribution in [0.5, 0.6) is 0 Å². The molecule has 3 N–H and O–H groups in total. The molecule has 136 valence electrons. The molecule has 3 unspecified atom stereocenters. The number of carbonyl (C=O) groups excluding carboxylic acids is 2. The van der Waals surface area contributed by atoms with Gasteiger partial charge < -0.3 is 15.3 Å². The van der Waals surface area contributed by atoms with Gasteiger partial charge in [-0.3, -0.25) is 9.59 Å². The molecule has 0 saturated heterocycles. The highest BCUT2D eigenvalue weighted by Gasteiger charge is 2.52. The van der Waals surface area contributed by atoms with E-state index in [4.69, 9.17) is 0 Å². The third kappa shape index (κ3) is 2.36. The summed E-state index contributed by atoms with van der Waals surface area (Å²) in [6.45, 7) is 7.38. The lowest BCUT2D eigenvalue weighted by molar-refractivity contribution is -0.126. The molecule has 0 radical (unpaired) electrons. The number of rotatable bonds is 2. The summed E-state index contributed by atoms with van der Waals surface area (Å²) in [5.41, 5.74) is 0.978. The fourth-order valence-corrected chi connectivity index (χ4v) is 4.97. The van der Waals surface area contributed by atoms with Crippen LogP contribution in [-0.4, -0.2) is 39.6 Å². The number of aliphatic hydroxyl groups is 3. The number of allylic oxidation sites excluding steroid dienone is 4. The van der Waals surface area contributed by atoms with Crippen LogP contribution in [-0.2, 0) is 9.59 Å². The molecule has 0 saturated carbocycles. The molecule has 3 aliphatic rings. The summed E-state index contributed by atoms with van der Waals surface area (Å²) in [5, 5.41) is 30.3. The van der Waals surface area contributed by atoms with Gasteiger partial charge in [-0.1, -0.05) is 27.7 Å². The summed E-state index contributed by atoms with van der Waals surface area (Å²) < 4.78 is 0. The molecular weight excluding hydrogens is 320 g/mol. The van der Waals surface area contributed by atoms with Crippen molar-refractivity contribution in [2.24, 2.45) is 16.7 Å². The van der Waals surface area contributed by atoms with Crippen molar-refractivity contribution in [2.75, 3.05) is 6.61 Å².